The number of anilines is 1. The number of amides is 1. The number of nitrogens with zero attached hydrogens (tertiary/aromatic N) is 1. The van der Waals surface area contributed by atoms with Crippen LogP contribution in [0.25, 0.3) is 10.6 Å². The molecule has 1 aromatic heterocycles. The summed E-state index contributed by atoms with van der Waals surface area (Å²) in [5.74, 6) is -3.05. The molecule has 0 bridgehead atoms. The molecule has 3 rings (SSSR count). The van der Waals surface area contributed by atoms with E-state index in [4.69, 9.17) is 4.74 Å². The molecule has 0 atom stereocenters. The minimum absolute atomic E-state index is 0.0734. The van der Waals surface area contributed by atoms with E-state index in [1.165, 1.54) is 22.3 Å². The first-order chi connectivity index (χ1) is 13.5. The summed E-state index contributed by atoms with van der Waals surface area (Å²) in [4.78, 5) is 28.1. The van der Waals surface area contributed by atoms with E-state index in [1.807, 2.05) is 24.3 Å². The van der Waals surface area contributed by atoms with Gasteiger partial charge in [0.15, 0.2) is 12.3 Å². The van der Waals surface area contributed by atoms with E-state index in [0.717, 1.165) is 30.2 Å². The number of aromatic nitrogens is 1. The first-order valence-electron chi connectivity index (χ1n) is 8.43. The molecule has 2 aromatic carbocycles. The number of halogens is 2. The van der Waals surface area contributed by atoms with Crippen LogP contribution in [0.2, 0.25) is 0 Å². The molecule has 144 valence electrons. The second-order valence-electron chi connectivity index (χ2n) is 5.84. The van der Waals surface area contributed by atoms with Crippen molar-refractivity contribution in [3.05, 3.63) is 70.7 Å². The summed E-state index contributed by atoms with van der Waals surface area (Å²) in [5, 5.41) is 4.34. The van der Waals surface area contributed by atoms with E-state index in [-0.39, 0.29) is 11.4 Å². The summed E-state index contributed by atoms with van der Waals surface area (Å²) < 4.78 is 31.5. The van der Waals surface area contributed by atoms with Gasteiger partial charge >= 0.3 is 5.97 Å². The number of ether oxygens (including phenoxy) is 1. The van der Waals surface area contributed by atoms with Crippen LogP contribution in [0.4, 0.5) is 14.5 Å². The molecule has 28 heavy (non-hydrogen) atoms. The summed E-state index contributed by atoms with van der Waals surface area (Å²) in [5.41, 5.74) is 1.82. The first kappa shape index (κ1) is 19.6. The van der Waals surface area contributed by atoms with E-state index >= 15 is 0 Å². The van der Waals surface area contributed by atoms with Crippen LogP contribution in [0.1, 0.15) is 23.0 Å². The van der Waals surface area contributed by atoms with Crippen molar-refractivity contribution >= 4 is 28.9 Å². The maximum atomic E-state index is 13.5. The second kappa shape index (κ2) is 8.71. The zero-order valence-electron chi connectivity index (χ0n) is 14.9. The molecular formula is C20H16F2N2O3S. The van der Waals surface area contributed by atoms with Gasteiger partial charge in [0.25, 0.3) is 5.91 Å². The Kier molecular flexibility index (Phi) is 6.10. The first-order valence-corrected chi connectivity index (χ1v) is 9.31. The number of nitrogens with one attached hydrogen (secondary N) is 1. The predicted octanol–water partition coefficient (Wildman–Crippen LogP) is 4.45. The van der Waals surface area contributed by atoms with Crippen LogP contribution < -0.4 is 5.32 Å². The highest BCUT2D eigenvalue weighted by molar-refractivity contribution is 7.13. The minimum Gasteiger partial charge on any atom is -0.451 e. The molecule has 0 fully saturated rings. The topological polar surface area (TPSA) is 68.3 Å². The van der Waals surface area contributed by atoms with E-state index in [2.05, 4.69) is 17.2 Å². The maximum Gasteiger partial charge on any atom is 0.358 e. The summed E-state index contributed by atoms with van der Waals surface area (Å²) >= 11 is 1.28. The molecule has 1 amide bonds. The molecule has 0 unspecified atom stereocenters. The van der Waals surface area contributed by atoms with Crippen LogP contribution in [-0.2, 0) is 16.0 Å². The third kappa shape index (κ3) is 4.77. The van der Waals surface area contributed by atoms with Gasteiger partial charge in [0.05, 0.1) is 5.69 Å². The predicted molar refractivity (Wildman–Crippen MR) is 102 cm³/mol. The van der Waals surface area contributed by atoms with E-state index < -0.39 is 30.1 Å². The van der Waals surface area contributed by atoms with Crippen LogP contribution in [0.3, 0.4) is 0 Å². The summed E-state index contributed by atoms with van der Waals surface area (Å²) in [7, 11) is 0. The summed E-state index contributed by atoms with van der Waals surface area (Å²) in [6.45, 7) is 1.41. The maximum absolute atomic E-state index is 13.5. The Hall–Kier alpha value is -3.13. The van der Waals surface area contributed by atoms with Gasteiger partial charge in [-0.05, 0) is 24.1 Å². The largest absolute Gasteiger partial charge is 0.451 e. The van der Waals surface area contributed by atoms with Crippen LogP contribution >= 0.6 is 11.3 Å². The van der Waals surface area contributed by atoms with Crippen molar-refractivity contribution in [3.8, 4) is 10.6 Å². The quantitative estimate of drug-likeness (QED) is 0.619. The zero-order chi connectivity index (χ0) is 20.1. The van der Waals surface area contributed by atoms with Crippen molar-refractivity contribution in [2.45, 2.75) is 13.3 Å². The molecule has 1 N–H and O–H groups in total. The lowest BCUT2D eigenvalue weighted by Crippen LogP contribution is -2.21. The average Bonchev–Trinajstić information content (AvgIpc) is 3.19. The second-order valence-corrected chi connectivity index (χ2v) is 6.69. The summed E-state index contributed by atoms with van der Waals surface area (Å²) in [6, 6.07) is 10.5. The van der Waals surface area contributed by atoms with E-state index in [0.29, 0.717) is 5.01 Å². The number of thiazole rings is 1. The molecule has 0 saturated heterocycles. The molecule has 5 nitrogen and oxygen atoms in total. The number of hydrogen-bond acceptors (Lipinski definition) is 5. The number of rotatable bonds is 6. The van der Waals surface area contributed by atoms with Gasteiger partial charge < -0.3 is 10.1 Å². The lowest BCUT2D eigenvalue weighted by Gasteiger charge is -2.07. The number of benzene rings is 2. The molecule has 0 spiro atoms. The Morgan fingerprint density at radius 3 is 2.61 bits per heavy atom. The molecule has 0 aliphatic heterocycles. The molecule has 0 saturated carbocycles. The van der Waals surface area contributed by atoms with Gasteiger partial charge in [-0.2, -0.15) is 0 Å². The third-order valence-electron chi connectivity index (χ3n) is 3.86. The Bertz CT molecular complexity index is 1000. The van der Waals surface area contributed by atoms with Gasteiger partial charge in [-0.3, -0.25) is 4.79 Å². The van der Waals surface area contributed by atoms with Crippen molar-refractivity contribution in [1.82, 2.24) is 4.98 Å². The Morgan fingerprint density at radius 2 is 1.89 bits per heavy atom. The normalized spacial score (nSPS) is 10.5. The number of esters is 1. The Morgan fingerprint density at radius 1 is 1.14 bits per heavy atom. The molecule has 0 radical (unpaired) electrons. The van der Waals surface area contributed by atoms with E-state index in [9.17, 15) is 18.4 Å². The van der Waals surface area contributed by atoms with Gasteiger partial charge in [-0.15, -0.1) is 11.3 Å². The molecule has 1 heterocycles. The van der Waals surface area contributed by atoms with Crippen molar-refractivity contribution in [2.75, 3.05) is 11.9 Å². The fourth-order valence-electron chi connectivity index (χ4n) is 2.37. The zero-order valence-corrected chi connectivity index (χ0v) is 15.7. The average molecular weight is 402 g/mol. The highest BCUT2D eigenvalue weighted by Crippen LogP contribution is 2.24. The Balaban J connectivity index is 1.58. The third-order valence-corrected chi connectivity index (χ3v) is 4.75. The standard InChI is InChI=1S/C20H16F2N2O3S/c1-2-12-3-5-13(6-4-12)19-24-17(11-28-19)20(26)27-10-18(25)23-16-9-14(21)7-8-15(16)22/h3-9,11H,2,10H2,1H3,(H,23,25). The lowest BCUT2D eigenvalue weighted by atomic mass is 10.1. The van der Waals surface area contributed by atoms with Gasteiger partial charge in [0, 0.05) is 17.0 Å². The van der Waals surface area contributed by atoms with Crippen LogP contribution in [0.5, 0.6) is 0 Å². The van der Waals surface area contributed by atoms with Gasteiger partial charge in [0.2, 0.25) is 0 Å². The van der Waals surface area contributed by atoms with Crippen LogP contribution in [0, 0.1) is 11.6 Å². The van der Waals surface area contributed by atoms with Crippen LogP contribution in [0.15, 0.2) is 47.8 Å². The minimum atomic E-state index is -0.792. The highest BCUT2D eigenvalue weighted by atomic mass is 32.1. The van der Waals surface area contributed by atoms with E-state index in [1.54, 1.807) is 0 Å². The molecule has 8 heteroatoms. The lowest BCUT2D eigenvalue weighted by molar-refractivity contribution is -0.119. The number of aryl methyl sites for hydroxylation is 1. The van der Waals surface area contributed by atoms with Gasteiger partial charge in [-0.1, -0.05) is 31.2 Å². The van der Waals surface area contributed by atoms with Crippen molar-refractivity contribution in [2.24, 2.45) is 0 Å². The fourth-order valence-corrected chi connectivity index (χ4v) is 3.16. The van der Waals surface area contributed by atoms with Gasteiger partial charge in [0.1, 0.15) is 16.6 Å². The monoisotopic (exact) mass is 402 g/mol. The molecular weight excluding hydrogens is 386 g/mol. The number of carbonyl (C=O) groups is 2. The highest BCUT2D eigenvalue weighted by Gasteiger charge is 2.16. The van der Waals surface area contributed by atoms with Crippen molar-refractivity contribution in [3.63, 3.8) is 0 Å². The fraction of sp³-hybridized carbons (Fsp3) is 0.150. The SMILES string of the molecule is CCc1ccc(-c2nc(C(=O)OCC(=O)Nc3cc(F)ccc3F)cs2)cc1. The van der Waals surface area contributed by atoms with Crippen LogP contribution in [-0.4, -0.2) is 23.5 Å². The van der Waals surface area contributed by atoms with Crippen molar-refractivity contribution < 1.29 is 23.1 Å². The molecule has 0 aliphatic carbocycles. The number of carbonyl (C=O) groups excluding carboxylic acids is 2. The molecule has 3 aromatic rings. The summed E-state index contributed by atoms with van der Waals surface area (Å²) in [6.07, 6.45) is 0.928. The van der Waals surface area contributed by atoms with Crippen molar-refractivity contribution in [1.29, 1.82) is 0 Å². The van der Waals surface area contributed by atoms with Gasteiger partial charge in [-0.25, -0.2) is 18.6 Å². The number of hydrogen-bond donors (Lipinski definition) is 1. The molecule has 0 aliphatic rings. The Labute approximate surface area is 164 Å². The smallest absolute Gasteiger partial charge is 0.358 e.